The Bertz CT molecular complexity index is 1910. The van der Waals surface area contributed by atoms with Gasteiger partial charge >= 0.3 is 0 Å². The molecule has 0 saturated heterocycles. The molecule has 0 bridgehead atoms. The minimum Gasteiger partial charge on any atom is -0.481 e. The molecular formula is C26H13N3OS. The van der Waals surface area contributed by atoms with Gasteiger partial charge in [-0.1, -0.05) is 24.3 Å². The van der Waals surface area contributed by atoms with Gasteiger partial charge in [-0.05, 0) is 46.5 Å². The number of aromatic nitrogens is 3. The molecule has 0 N–H and O–H groups in total. The van der Waals surface area contributed by atoms with E-state index in [4.69, 9.17) is 9.72 Å². The summed E-state index contributed by atoms with van der Waals surface area (Å²) in [5.74, 6) is 1.02. The maximum absolute atomic E-state index is 6.38. The Hall–Kier alpha value is -3.70. The maximum Gasteiger partial charge on any atom is 0.144 e. The van der Waals surface area contributed by atoms with Crippen LogP contribution in [0.25, 0.3) is 60.6 Å². The summed E-state index contributed by atoms with van der Waals surface area (Å²) in [6, 6.07) is 8.95. The van der Waals surface area contributed by atoms with Gasteiger partial charge in [0.1, 0.15) is 27.9 Å². The van der Waals surface area contributed by atoms with Crippen molar-refractivity contribution in [3.05, 3.63) is 70.2 Å². The molecule has 4 nitrogen and oxygen atoms in total. The lowest BCUT2D eigenvalue weighted by molar-refractivity contribution is 0.277. The number of nitrogens with zero attached hydrogens (tertiary/aromatic N) is 3. The van der Waals surface area contributed by atoms with E-state index in [9.17, 15) is 0 Å². The summed E-state index contributed by atoms with van der Waals surface area (Å²) in [6.45, 7) is 0. The third kappa shape index (κ3) is 1.54. The third-order valence-corrected chi connectivity index (χ3v) is 8.10. The van der Waals surface area contributed by atoms with Gasteiger partial charge in [0.15, 0.2) is 0 Å². The second-order valence-electron chi connectivity index (χ2n) is 8.54. The summed E-state index contributed by atoms with van der Waals surface area (Å²) >= 11 is 1.72. The fourth-order valence-corrected chi connectivity index (χ4v) is 6.99. The van der Waals surface area contributed by atoms with Crippen LogP contribution in [-0.4, -0.2) is 14.5 Å². The number of ether oxygens (including phenoxy) is 1. The Morgan fingerprint density at radius 2 is 1.94 bits per heavy atom. The van der Waals surface area contributed by atoms with Gasteiger partial charge in [-0.25, -0.2) is 4.98 Å². The maximum atomic E-state index is 6.38. The molecule has 2 aliphatic carbocycles. The van der Waals surface area contributed by atoms with Crippen molar-refractivity contribution in [2.24, 2.45) is 0 Å². The molecule has 4 heterocycles. The fourth-order valence-electron chi connectivity index (χ4n) is 6.02. The minimum absolute atomic E-state index is 0.0129. The van der Waals surface area contributed by atoms with Crippen molar-refractivity contribution in [2.75, 3.05) is 0 Å². The van der Waals surface area contributed by atoms with Crippen LogP contribution in [0.1, 0.15) is 22.8 Å². The van der Waals surface area contributed by atoms with Crippen molar-refractivity contribution >= 4 is 67.0 Å². The molecule has 0 fully saturated rings. The molecule has 3 aromatic carbocycles. The van der Waals surface area contributed by atoms with Gasteiger partial charge in [0.05, 0.1) is 10.9 Å². The Labute approximate surface area is 179 Å². The van der Waals surface area contributed by atoms with Crippen molar-refractivity contribution in [1.29, 1.82) is 0 Å². The Kier molecular flexibility index (Phi) is 2.34. The van der Waals surface area contributed by atoms with Gasteiger partial charge in [-0.3, -0.25) is 9.55 Å². The normalized spacial score (nSPS) is 17.6. The standard InChI is InChI=1S/C26H13N3OS/c1-5-15-21-19-12(1)3-7-17-23(19)24-18(30-17)8-4-13-2-6-16(22(21)20(13)24)29(15)26-25-14(11-31-26)27-9-10-28-25/h1,3-11,17H,2H2. The van der Waals surface area contributed by atoms with Crippen LogP contribution in [0.3, 0.4) is 0 Å². The first kappa shape index (κ1) is 15.2. The Balaban J connectivity index is 1.63. The van der Waals surface area contributed by atoms with Crippen LogP contribution in [0.15, 0.2) is 48.1 Å². The van der Waals surface area contributed by atoms with Crippen LogP contribution in [0.2, 0.25) is 0 Å². The highest BCUT2D eigenvalue weighted by Crippen LogP contribution is 2.53. The summed E-state index contributed by atoms with van der Waals surface area (Å²) in [5.41, 5.74) is 7.19. The average molecular weight is 415 g/mol. The van der Waals surface area contributed by atoms with E-state index in [0.717, 1.165) is 28.2 Å². The number of fused-ring (bicyclic) bond motifs is 1. The average Bonchev–Trinajstić information content (AvgIpc) is 3.49. The van der Waals surface area contributed by atoms with Crippen LogP contribution >= 0.6 is 11.3 Å². The van der Waals surface area contributed by atoms with Gasteiger partial charge in [0.25, 0.3) is 0 Å². The molecule has 0 amide bonds. The van der Waals surface area contributed by atoms with Crippen LogP contribution in [0, 0.1) is 0 Å². The van der Waals surface area contributed by atoms with Crippen molar-refractivity contribution in [2.45, 2.75) is 12.5 Å². The second kappa shape index (κ2) is 4.79. The zero-order chi connectivity index (χ0) is 19.8. The van der Waals surface area contributed by atoms with E-state index in [1.54, 1.807) is 23.7 Å². The number of hydrogen-bond donors (Lipinski definition) is 0. The lowest BCUT2D eigenvalue weighted by Crippen LogP contribution is -2.17. The molecule has 144 valence electrons. The Morgan fingerprint density at radius 3 is 2.94 bits per heavy atom. The van der Waals surface area contributed by atoms with E-state index in [2.05, 4.69) is 57.4 Å². The zero-order valence-electron chi connectivity index (χ0n) is 16.2. The molecule has 0 saturated carbocycles. The van der Waals surface area contributed by atoms with Crippen LogP contribution in [-0.2, 0) is 6.42 Å². The van der Waals surface area contributed by atoms with E-state index in [1.165, 1.54) is 54.5 Å². The summed E-state index contributed by atoms with van der Waals surface area (Å²) in [7, 11) is 0. The van der Waals surface area contributed by atoms with Crippen molar-refractivity contribution in [3.63, 3.8) is 0 Å². The quantitative estimate of drug-likeness (QED) is 0.335. The molecule has 9 rings (SSSR count). The van der Waals surface area contributed by atoms with Crippen LogP contribution in [0.4, 0.5) is 0 Å². The van der Waals surface area contributed by atoms with Gasteiger partial charge in [-0.15, -0.1) is 11.3 Å². The molecule has 0 spiro atoms. The zero-order valence-corrected chi connectivity index (χ0v) is 17.0. The highest BCUT2D eigenvalue weighted by molar-refractivity contribution is 7.14. The molecule has 3 aromatic heterocycles. The van der Waals surface area contributed by atoms with Crippen molar-refractivity contribution < 1.29 is 4.74 Å². The SMILES string of the molecule is C1=CC2Oc3ccc4c5c3c2c2c1ccc1c2c5c(n1-c1scc2nccnc12)=CC4. The predicted molar refractivity (Wildman–Crippen MR) is 125 cm³/mol. The molecule has 0 radical (unpaired) electrons. The largest absolute Gasteiger partial charge is 0.481 e. The first-order valence-corrected chi connectivity index (χ1v) is 11.4. The van der Waals surface area contributed by atoms with Gasteiger partial charge in [-0.2, -0.15) is 0 Å². The minimum atomic E-state index is 0.0129. The Morgan fingerprint density at radius 1 is 0.968 bits per heavy atom. The van der Waals surface area contributed by atoms with Crippen molar-refractivity contribution in [1.82, 2.24) is 14.5 Å². The monoisotopic (exact) mass is 415 g/mol. The fraction of sp³-hybridized carbons (Fsp3) is 0.0769. The smallest absolute Gasteiger partial charge is 0.144 e. The van der Waals surface area contributed by atoms with E-state index >= 15 is 0 Å². The third-order valence-electron chi connectivity index (χ3n) is 7.16. The number of benzene rings is 3. The number of thiophene rings is 1. The molecule has 1 atom stereocenters. The first-order chi connectivity index (χ1) is 15.4. The lowest BCUT2D eigenvalue weighted by Gasteiger charge is -2.18. The molecule has 3 aliphatic rings. The van der Waals surface area contributed by atoms with Crippen LogP contribution < -0.4 is 10.1 Å². The summed E-state index contributed by atoms with van der Waals surface area (Å²) < 4.78 is 8.80. The lowest BCUT2D eigenvalue weighted by atomic mass is 9.84. The highest BCUT2D eigenvalue weighted by Gasteiger charge is 2.34. The number of rotatable bonds is 1. The van der Waals surface area contributed by atoms with Gasteiger partial charge in [0.2, 0.25) is 0 Å². The predicted octanol–water partition coefficient (Wildman–Crippen LogP) is 5.46. The molecular weight excluding hydrogens is 402 g/mol. The van der Waals surface area contributed by atoms with Crippen LogP contribution in [0.5, 0.6) is 5.75 Å². The van der Waals surface area contributed by atoms with E-state index in [-0.39, 0.29) is 6.10 Å². The summed E-state index contributed by atoms with van der Waals surface area (Å²) in [5, 5.41) is 11.3. The van der Waals surface area contributed by atoms with Crippen molar-refractivity contribution in [3.8, 4) is 10.8 Å². The summed E-state index contributed by atoms with van der Waals surface area (Å²) in [6.07, 6.45) is 11.3. The number of hydrogen-bond acceptors (Lipinski definition) is 4. The molecule has 6 aromatic rings. The molecule has 1 unspecified atom stereocenters. The van der Waals surface area contributed by atoms with E-state index in [1.807, 2.05) is 0 Å². The second-order valence-corrected chi connectivity index (χ2v) is 9.40. The van der Waals surface area contributed by atoms with E-state index in [0.29, 0.717) is 0 Å². The first-order valence-electron chi connectivity index (χ1n) is 10.5. The summed E-state index contributed by atoms with van der Waals surface area (Å²) in [4.78, 5) is 9.22. The highest BCUT2D eigenvalue weighted by atomic mass is 32.1. The topological polar surface area (TPSA) is 39.9 Å². The molecule has 1 aliphatic heterocycles. The molecule has 5 heteroatoms. The van der Waals surface area contributed by atoms with Gasteiger partial charge in [0, 0.05) is 39.5 Å². The van der Waals surface area contributed by atoms with Gasteiger partial charge < -0.3 is 4.74 Å². The van der Waals surface area contributed by atoms with E-state index < -0.39 is 0 Å². The molecule has 31 heavy (non-hydrogen) atoms.